The summed E-state index contributed by atoms with van der Waals surface area (Å²) in [6.07, 6.45) is 0.409. The van der Waals surface area contributed by atoms with Gasteiger partial charge in [-0.2, -0.15) is 12.6 Å². The van der Waals surface area contributed by atoms with Crippen molar-refractivity contribution in [3.8, 4) is 11.1 Å². The van der Waals surface area contributed by atoms with E-state index in [2.05, 4.69) is 33.9 Å². The normalized spacial score (nSPS) is 18.1. The Morgan fingerprint density at radius 3 is 1.92 bits per heavy atom. The Kier molecular flexibility index (Phi) is 16.9. The van der Waals surface area contributed by atoms with Gasteiger partial charge in [0.2, 0.25) is 29.5 Å². The van der Waals surface area contributed by atoms with E-state index in [9.17, 15) is 48.3 Å². The SMILES string of the molecule is CC(=O)CC(NC(=O)C1CCCN1C(=O)C(CCCCNC(=O)OCC1c2ccccc2-c2ccccc21)NC(=O)C1CCCN1C(=O)CCS)C(=O)NC(CC(=O)O)C(=O)O. The number of carbonyl (C=O) groups is 9. The van der Waals surface area contributed by atoms with Crippen molar-refractivity contribution in [1.29, 1.82) is 0 Å². The van der Waals surface area contributed by atoms with Crippen molar-refractivity contribution in [1.82, 2.24) is 31.1 Å². The van der Waals surface area contributed by atoms with Crippen molar-refractivity contribution in [2.75, 3.05) is 32.0 Å². The molecular weight excluding hydrogens is 825 g/mol. The quantitative estimate of drug-likeness (QED) is 0.0702. The highest BCUT2D eigenvalue weighted by molar-refractivity contribution is 7.80. The maximum atomic E-state index is 14.3. The molecule has 5 unspecified atom stereocenters. The Bertz CT molecular complexity index is 1990. The fourth-order valence-electron chi connectivity index (χ4n) is 8.33. The Hall–Kier alpha value is -5.98. The second-order valence-electron chi connectivity index (χ2n) is 15.7. The lowest BCUT2D eigenvalue weighted by Crippen LogP contribution is -2.58. The van der Waals surface area contributed by atoms with Gasteiger partial charge in [0.05, 0.1) is 6.42 Å². The first-order valence-electron chi connectivity index (χ1n) is 20.8. The highest BCUT2D eigenvalue weighted by Gasteiger charge is 2.41. The number of thiol groups is 1. The van der Waals surface area contributed by atoms with Crippen LogP contribution in [-0.2, 0) is 43.1 Å². The summed E-state index contributed by atoms with van der Waals surface area (Å²) in [6.45, 7) is 1.98. The van der Waals surface area contributed by atoms with Crippen LogP contribution in [0.25, 0.3) is 11.1 Å². The number of alkyl carbamates (subject to hydrolysis) is 1. The molecule has 0 saturated carbocycles. The molecule has 5 atom stereocenters. The van der Waals surface area contributed by atoms with Crippen molar-refractivity contribution in [3.05, 3.63) is 59.7 Å². The number of rotatable bonds is 21. The first-order chi connectivity index (χ1) is 29.7. The van der Waals surface area contributed by atoms with E-state index in [1.54, 1.807) is 0 Å². The molecule has 1 aliphatic carbocycles. The van der Waals surface area contributed by atoms with E-state index in [0.717, 1.165) is 29.2 Å². The van der Waals surface area contributed by atoms with Crippen LogP contribution in [-0.4, -0.2) is 136 Å². The predicted molar refractivity (Wildman–Crippen MR) is 226 cm³/mol. The first kappa shape index (κ1) is 47.1. The number of unbranched alkanes of at least 4 members (excludes halogenated alkanes) is 1. The lowest BCUT2D eigenvalue weighted by Gasteiger charge is -2.31. The van der Waals surface area contributed by atoms with Crippen LogP contribution in [0.15, 0.2) is 48.5 Å². The Morgan fingerprint density at radius 2 is 1.34 bits per heavy atom. The molecule has 3 aliphatic rings. The summed E-state index contributed by atoms with van der Waals surface area (Å²) in [5.41, 5.74) is 4.35. The van der Waals surface area contributed by atoms with Crippen LogP contribution >= 0.6 is 12.6 Å². The van der Waals surface area contributed by atoms with E-state index in [-0.39, 0.29) is 50.8 Å². The molecule has 2 aromatic carbocycles. The van der Waals surface area contributed by atoms with Crippen LogP contribution in [0, 0.1) is 0 Å². The van der Waals surface area contributed by atoms with Gasteiger partial charge < -0.3 is 46.0 Å². The molecule has 2 saturated heterocycles. The summed E-state index contributed by atoms with van der Waals surface area (Å²) in [5, 5.41) is 28.6. The topological polar surface area (TPSA) is 258 Å². The number of hydrogen-bond donors (Lipinski definition) is 7. The third kappa shape index (κ3) is 12.1. The fraction of sp³-hybridized carbons (Fsp3) is 0.512. The maximum absolute atomic E-state index is 14.3. The van der Waals surface area contributed by atoms with E-state index in [1.807, 2.05) is 48.5 Å². The second-order valence-corrected chi connectivity index (χ2v) is 16.1. The number of carboxylic acid groups (broad SMARTS) is 2. The van der Waals surface area contributed by atoms with Crippen LogP contribution in [0.1, 0.15) is 88.2 Å². The summed E-state index contributed by atoms with van der Waals surface area (Å²) < 4.78 is 5.64. The standard InChI is InChI=1S/C43H54N6O12S/c1-25(50)22-32(38(54)47-33(42(58)59)23-37(52)53)46-40(56)35-16-9-20-49(35)41(57)31(45-39(55)34-15-8-19-48(34)36(51)17-21-62)14-6-7-18-44-43(60)61-24-30-28-12-4-2-10-26(28)27-11-3-5-13-29(27)30/h2-5,10-13,30-35,62H,6-9,14-24H2,1H3,(H,44,60)(H,45,55)(H,46,56)(H,47,54)(H,52,53)(H,58,59). The molecule has 0 radical (unpaired) electrons. The van der Waals surface area contributed by atoms with Gasteiger partial charge in [0.15, 0.2) is 0 Å². The zero-order valence-electron chi connectivity index (χ0n) is 34.5. The molecule has 5 rings (SSSR count). The third-order valence-electron chi connectivity index (χ3n) is 11.3. The number of carbonyl (C=O) groups excluding carboxylic acids is 7. The van der Waals surface area contributed by atoms with E-state index in [4.69, 9.17) is 9.84 Å². The first-order valence-corrected chi connectivity index (χ1v) is 21.5. The number of Topliss-reactive ketones (excluding diaryl/α,β-unsaturated/α-hetero) is 1. The molecule has 0 bridgehead atoms. The molecule has 62 heavy (non-hydrogen) atoms. The van der Waals surface area contributed by atoms with Gasteiger partial charge in [-0.25, -0.2) is 9.59 Å². The molecule has 2 aliphatic heterocycles. The zero-order chi connectivity index (χ0) is 44.9. The predicted octanol–water partition coefficient (Wildman–Crippen LogP) is 1.99. The van der Waals surface area contributed by atoms with Crippen LogP contribution in [0.3, 0.4) is 0 Å². The Morgan fingerprint density at radius 1 is 0.758 bits per heavy atom. The van der Waals surface area contributed by atoms with Crippen molar-refractivity contribution in [2.24, 2.45) is 0 Å². The average Bonchev–Trinajstić information content (AvgIpc) is 4.00. The molecule has 0 spiro atoms. The van der Waals surface area contributed by atoms with Crippen LogP contribution < -0.4 is 21.3 Å². The van der Waals surface area contributed by atoms with E-state index < -0.39 is 90.5 Å². The van der Waals surface area contributed by atoms with Crippen LogP contribution in [0.2, 0.25) is 0 Å². The number of nitrogens with zero attached hydrogens (tertiary/aromatic N) is 2. The average molecular weight is 879 g/mol. The number of fused-ring (bicyclic) bond motifs is 3. The van der Waals surface area contributed by atoms with Crippen LogP contribution in [0.4, 0.5) is 4.79 Å². The van der Waals surface area contributed by atoms with Gasteiger partial charge in [-0.1, -0.05) is 48.5 Å². The molecule has 19 heteroatoms. The molecule has 334 valence electrons. The van der Waals surface area contributed by atoms with Crippen molar-refractivity contribution in [2.45, 2.75) is 107 Å². The number of benzene rings is 2. The monoisotopic (exact) mass is 878 g/mol. The smallest absolute Gasteiger partial charge is 0.407 e. The molecule has 2 heterocycles. The molecule has 18 nitrogen and oxygen atoms in total. The Balaban J connectivity index is 1.22. The van der Waals surface area contributed by atoms with E-state index in [0.29, 0.717) is 44.4 Å². The number of likely N-dealkylation sites (tertiary alicyclic amines) is 2. The van der Waals surface area contributed by atoms with Crippen molar-refractivity contribution < 1.29 is 58.1 Å². The number of nitrogens with one attached hydrogen (secondary N) is 4. The molecular formula is C43H54N6O12S. The number of carboxylic acids is 2. The number of hydrogen-bond acceptors (Lipinski definition) is 11. The van der Waals surface area contributed by atoms with Gasteiger partial charge in [0.25, 0.3) is 0 Å². The minimum Gasteiger partial charge on any atom is -0.481 e. The maximum Gasteiger partial charge on any atom is 0.407 e. The number of aliphatic carboxylic acids is 2. The highest BCUT2D eigenvalue weighted by Crippen LogP contribution is 2.44. The van der Waals surface area contributed by atoms with Gasteiger partial charge >= 0.3 is 18.0 Å². The van der Waals surface area contributed by atoms with E-state index >= 15 is 0 Å². The molecule has 2 fully saturated rings. The summed E-state index contributed by atoms with van der Waals surface area (Å²) in [4.78, 5) is 118. The van der Waals surface area contributed by atoms with Gasteiger partial charge in [-0.05, 0) is 79.9 Å². The van der Waals surface area contributed by atoms with Gasteiger partial charge in [0.1, 0.15) is 42.6 Å². The molecule has 0 aromatic heterocycles. The Labute approximate surface area is 364 Å². The molecule has 2 aromatic rings. The summed E-state index contributed by atoms with van der Waals surface area (Å²) in [6, 6.07) is 9.47. The zero-order valence-corrected chi connectivity index (χ0v) is 35.4. The van der Waals surface area contributed by atoms with Gasteiger partial charge in [-0.3, -0.25) is 33.6 Å². The number of ether oxygens (including phenoxy) is 1. The summed E-state index contributed by atoms with van der Waals surface area (Å²) in [7, 11) is 0. The lowest BCUT2D eigenvalue weighted by atomic mass is 9.98. The number of amides is 6. The summed E-state index contributed by atoms with van der Waals surface area (Å²) >= 11 is 4.15. The van der Waals surface area contributed by atoms with Crippen molar-refractivity contribution in [3.63, 3.8) is 0 Å². The highest BCUT2D eigenvalue weighted by atomic mass is 32.1. The minimum absolute atomic E-state index is 0.106. The lowest BCUT2D eigenvalue weighted by molar-refractivity contribution is -0.147. The summed E-state index contributed by atoms with van der Waals surface area (Å²) in [5.74, 6) is -6.73. The minimum atomic E-state index is -1.83. The third-order valence-corrected chi connectivity index (χ3v) is 11.5. The second kappa shape index (κ2) is 22.2. The largest absolute Gasteiger partial charge is 0.481 e. The van der Waals surface area contributed by atoms with Gasteiger partial charge in [-0.15, -0.1) is 0 Å². The van der Waals surface area contributed by atoms with E-state index in [1.165, 1.54) is 9.80 Å². The van der Waals surface area contributed by atoms with Crippen LogP contribution in [0.5, 0.6) is 0 Å². The fourth-order valence-corrected chi connectivity index (χ4v) is 8.52. The van der Waals surface area contributed by atoms with Crippen molar-refractivity contribution >= 4 is 66.0 Å². The molecule has 6 N–H and O–H groups in total. The number of ketones is 1. The van der Waals surface area contributed by atoms with Gasteiger partial charge in [0, 0.05) is 38.4 Å². The molecule has 6 amide bonds.